The molecule has 0 aliphatic rings. The van der Waals surface area contributed by atoms with Gasteiger partial charge in [-0.1, -0.05) is 30.3 Å². The van der Waals surface area contributed by atoms with Gasteiger partial charge in [-0.05, 0) is 24.6 Å². The minimum atomic E-state index is -3.75. The molecule has 132 valence electrons. The smallest absolute Gasteiger partial charge is 0.247 e. The number of ether oxygens (including phenoxy) is 2. The van der Waals surface area contributed by atoms with Gasteiger partial charge in [0.2, 0.25) is 10.0 Å². The second-order valence-corrected chi connectivity index (χ2v) is 8.40. The Morgan fingerprint density at radius 1 is 1.12 bits per heavy atom. The summed E-state index contributed by atoms with van der Waals surface area (Å²) in [5, 5.41) is 15.5. The van der Waals surface area contributed by atoms with Crippen LogP contribution in [0.25, 0.3) is 0 Å². The number of rotatable bonds is 9. The summed E-state index contributed by atoms with van der Waals surface area (Å²) in [6.45, 7) is 2.83. The van der Waals surface area contributed by atoms with Crippen LogP contribution >= 0.6 is 11.3 Å². The quantitative estimate of drug-likeness (QED) is 0.655. The van der Waals surface area contributed by atoms with E-state index in [2.05, 4.69) is 0 Å². The average molecular weight is 371 g/mol. The van der Waals surface area contributed by atoms with Gasteiger partial charge in [-0.15, -0.1) is 11.3 Å². The fourth-order valence-electron chi connectivity index (χ4n) is 1.99. The zero-order valence-electron chi connectivity index (χ0n) is 13.3. The fourth-order valence-corrected chi connectivity index (χ4v) is 3.75. The Morgan fingerprint density at radius 3 is 2.42 bits per heavy atom. The first kappa shape index (κ1) is 19.0. The molecule has 8 heteroatoms. The van der Waals surface area contributed by atoms with Crippen LogP contribution in [-0.4, -0.2) is 33.3 Å². The predicted molar refractivity (Wildman–Crippen MR) is 92.2 cm³/mol. The van der Waals surface area contributed by atoms with E-state index in [1.807, 2.05) is 30.3 Å². The Bertz CT molecular complexity index is 741. The van der Waals surface area contributed by atoms with Gasteiger partial charge in [0, 0.05) is 4.88 Å². The minimum Gasteiger partial charge on any atom is -0.382 e. The highest BCUT2D eigenvalue weighted by atomic mass is 32.2. The normalized spacial score (nSPS) is 14.5. The van der Waals surface area contributed by atoms with Gasteiger partial charge in [-0.25, -0.2) is 13.6 Å². The van der Waals surface area contributed by atoms with E-state index in [1.165, 1.54) is 6.07 Å². The number of aliphatic hydroxyl groups is 1. The molecule has 1 atom stereocenters. The Kier molecular flexibility index (Phi) is 6.50. The van der Waals surface area contributed by atoms with Crippen molar-refractivity contribution in [2.75, 3.05) is 19.8 Å². The summed E-state index contributed by atoms with van der Waals surface area (Å²) in [5.41, 5.74) is -0.203. The summed E-state index contributed by atoms with van der Waals surface area (Å²) in [6, 6.07) is 12.7. The van der Waals surface area contributed by atoms with Crippen LogP contribution in [0.15, 0.2) is 46.7 Å². The van der Waals surface area contributed by atoms with Crippen molar-refractivity contribution in [3.05, 3.63) is 52.9 Å². The van der Waals surface area contributed by atoms with Crippen LogP contribution in [0.1, 0.15) is 17.4 Å². The summed E-state index contributed by atoms with van der Waals surface area (Å²) < 4.78 is 33.5. The molecule has 2 rings (SSSR count). The first-order valence-electron chi connectivity index (χ1n) is 7.34. The maximum atomic E-state index is 11.3. The van der Waals surface area contributed by atoms with Gasteiger partial charge in [-0.2, -0.15) is 0 Å². The van der Waals surface area contributed by atoms with Crippen LogP contribution in [0.3, 0.4) is 0 Å². The molecule has 2 aromatic rings. The highest BCUT2D eigenvalue weighted by molar-refractivity contribution is 7.91. The number of hydrogen-bond donors (Lipinski definition) is 2. The lowest BCUT2D eigenvalue weighted by atomic mass is 10.1. The molecule has 1 aromatic heterocycles. The number of primary sulfonamides is 1. The van der Waals surface area contributed by atoms with Crippen molar-refractivity contribution in [2.45, 2.75) is 23.3 Å². The van der Waals surface area contributed by atoms with Crippen molar-refractivity contribution >= 4 is 21.4 Å². The van der Waals surface area contributed by atoms with E-state index in [1.54, 1.807) is 13.0 Å². The number of benzene rings is 1. The fraction of sp³-hybridized carbons (Fsp3) is 0.375. The lowest BCUT2D eigenvalue weighted by Gasteiger charge is -2.21. The van der Waals surface area contributed by atoms with Crippen LogP contribution in [0.4, 0.5) is 0 Å². The summed E-state index contributed by atoms with van der Waals surface area (Å²) >= 11 is 0.938. The van der Waals surface area contributed by atoms with Gasteiger partial charge in [-0.3, -0.25) is 0 Å². The molecule has 6 nitrogen and oxygen atoms in total. The minimum absolute atomic E-state index is 0.0176. The van der Waals surface area contributed by atoms with E-state index in [9.17, 15) is 13.5 Å². The third kappa shape index (κ3) is 5.66. The van der Waals surface area contributed by atoms with Gasteiger partial charge in [0.05, 0.1) is 26.4 Å². The third-order valence-electron chi connectivity index (χ3n) is 3.26. The lowest BCUT2D eigenvalue weighted by Crippen LogP contribution is -2.27. The van der Waals surface area contributed by atoms with Crippen LogP contribution in [0, 0.1) is 0 Å². The number of sulfonamides is 1. The molecular weight excluding hydrogens is 350 g/mol. The van der Waals surface area contributed by atoms with Gasteiger partial charge >= 0.3 is 0 Å². The molecule has 0 amide bonds. The van der Waals surface area contributed by atoms with Crippen LogP contribution in [-0.2, 0) is 31.7 Å². The molecule has 3 N–H and O–H groups in total. The molecule has 24 heavy (non-hydrogen) atoms. The summed E-state index contributed by atoms with van der Waals surface area (Å²) in [4.78, 5) is 0.483. The topological polar surface area (TPSA) is 98.8 Å². The predicted octanol–water partition coefficient (Wildman–Crippen LogP) is 1.84. The standard InChI is InChI=1S/C16H21NO5S2/c1-16(18,14-7-8-15(23-14)24(17,19)20)12-22-10-9-21-11-13-5-3-2-4-6-13/h2-8,18H,9-12H2,1H3,(H2,17,19,20)/t16-/m0/s1. The van der Waals surface area contributed by atoms with Crippen molar-refractivity contribution < 1.29 is 23.0 Å². The van der Waals surface area contributed by atoms with Gasteiger partial charge in [0.15, 0.2) is 0 Å². The lowest BCUT2D eigenvalue weighted by molar-refractivity contribution is -0.0508. The van der Waals surface area contributed by atoms with E-state index in [0.29, 0.717) is 24.7 Å². The molecule has 1 aromatic carbocycles. The largest absolute Gasteiger partial charge is 0.382 e. The van der Waals surface area contributed by atoms with Crippen molar-refractivity contribution in [3.63, 3.8) is 0 Å². The average Bonchev–Trinajstić information content (AvgIpc) is 3.03. The highest BCUT2D eigenvalue weighted by Gasteiger charge is 2.27. The summed E-state index contributed by atoms with van der Waals surface area (Å²) in [6.07, 6.45) is 0. The van der Waals surface area contributed by atoms with Crippen molar-refractivity contribution in [1.82, 2.24) is 0 Å². The molecule has 0 saturated heterocycles. The molecule has 0 aliphatic carbocycles. The molecule has 0 saturated carbocycles. The van der Waals surface area contributed by atoms with Gasteiger partial charge in [0.25, 0.3) is 0 Å². The zero-order valence-corrected chi connectivity index (χ0v) is 15.0. The number of hydrogen-bond acceptors (Lipinski definition) is 6. The molecule has 0 spiro atoms. The second kappa shape index (κ2) is 8.19. The molecule has 0 fully saturated rings. The molecule has 0 aliphatic heterocycles. The Labute approximate surface area is 145 Å². The third-order valence-corrected chi connectivity index (χ3v) is 6.04. The van der Waals surface area contributed by atoms with E-state index >= 15 is 0 Å². The van der Waals surface area contributed by atoms with Crippen LogP contribution < -0.4 is 5.14 Å². The van der Waals surface area contributed by atoms with E-state index in [4.69, 9.17) is 14.6 Å². The maximum absolute atomic E-state index is 11.3. The van der Waals surface area contributed by atoms with E-state index in [-0.39, 0.29) is 10.8 Å². The first-order valence-corrected chi connectivity index (χ1v) is 9.70. The molecule has 0 radical (unpaired) electrons. The van der Waals surface area contributed by atoms with E-state index in [0.717, 1.165) is 16.9 Å². The Morgan fingerprint density at radius 2 is 1.79 bits per heavy atom. The molecule has 0 bridgehead atoms. The molecule has 0 unspecified atom stereocenters. The van der Waals surface area contributed by atoms with Crippen molar-refractivity contribution in [1.29, 1.82) is 0 Å². The number of thiophene rings is 1. The monoisotopic (exact) mass is 371 g/mol. The van der Waals surface area contributed by atoms with Crippen molar-refractivity contribution in [3.8, 4) is 0 Å². The first-order chi connectivity index (χ1) is 11.3. The summed E-state index contributed by atoms with van der Waals surface area (Å²) in [7, 11) is -3.75. The number of nitrogens with two attached hydrogens (primary N) is 1. The van der Waals surface area contributed by atoms with Gasteiger partial charge < -0.3 is 14.6 Å². The Hall–Kier alpha value is -1.29. The maximum Gasteiger partial charge on any atom is 0.247 e. The van der Waals surface area contributed by atoms with Crippen LogP contribution in [0.5, 0.6) is 0 Å². The molecular formula is C16H21NO5S2. The summed E-state index contributed by atoms with van der Waals surface area (Å²) in [5.74, 6) is 0. The van der Waals surface area contributed by atoms with E-state index < -0.39 is 15.6 Å². The Balaban J connectivity index is 1.73. The van der Waals surface area contributed by atoms with Crippen LogP contribution in [0.2, 0.25) is 0 Å². The second-order valence-electron chi connectivity index (χ2n) is 5.53. The SMILES string of the molecule is C[C@](O)(COCCOCc1ccccc1)c1ccc(S(N)(=O)=O)s1. The highest BCUT2D eigenvalue weighted by Crippen LogP contribution is 2.30. The van der Waals surface area contributed by atoms with Gasteiger partial charge in [0.1, 0.15) is 9.81 Å². The zero-order chi connectivity index (χ0) is 17.6. The molecule has 1 heterocycles. The van der Waals surface area contributed by atoms with Crippen molar-refractivity contribution in [2.24, 2.45) is 5.14 Å².